The van der Waals surface area contributed by atoms with Gasteiger partial charge in [0.15, 0.2) is 5.11 Å². The smallest absolute Gasteiger partial charge is 0.171 e. The molecule has 4 rings (SSSR count). The maximum absolute atomic E-state index is 5.65. The van der Waals surface area contributed by atoms with E-state index in [4.69, 9.17) is 12.2 Å². The zero-order valence-electron chi connectivity index (χ0n) is 20.4. The first kappa shape index (κ1) is 23.3. The Bertz CT molecular complexity index is 1050. The van der Waals surface area contributed by atoms with Crippen molar-refractivity contribution in [2.75, 3.05) is 57.6 Å². The fourth-order valence-electron chi connectivity index (χ4n) is 4.58. The molecule has 2 aromatic rings. The van der Waals surface area contributed by atoms with Gasteiger partial charge < -0.3 is 20.4 Å². The molecule has 5 nitrogen and oxygen atoms in total. The summed E-state index contributed by atoms with van der Waals surface area (Å²) in [6, 6.07) is 17.6. The summed E-state index contributed by atoms with van der Waals surface area (Å²) < 4.78 is 0. The van der Waals surface area contributed by atoms with Crippen LogP contribution in [0.4, 0.5) is 11.4 Å². The van der Waals surface area contributed by atoms with Gasteiger partial charge in [-0.25, -0.2) is 0 Å². The van der Waals surface area contributed by atoms with Crippen LogP contribution in [0.2, 0.25) is 0 Å². The lowest BCUT2D eigenvalue weighted by molar-refractivity contribution is 0.301. The Balaban J connectivity index is 1.74. The van der Waals surface area contributed by atoms with Gasteiger partial charge in [0.1, 0.15) is 0 Å². The van der Waals surface area contributed by atoms with E-state index in [-0.39, 0.29) is 6.04 Å². The molecule has 0 radical (unpaired) electrons. The van der Waals surface area contributed by atoms with Crippen LogP contribution < -0.4 is 20.4 Å². The summed E-state index contributed by atoms with van der Waals surface area (Å²) in [6.45, 7) is 5.18. The highest BCUT2D eigenvalue weighted by atomic mass is 32.1. The molecule has 33 heavy (non-hydrogen) atoms. The van der Waals surface area contributed by atoms with Crippen molar-refractivity contribution in [2.24, 2.45) is 0 Å². The monoisotopic (exact) mass is 461 g/mol. The minimum absolute atomic E-state index is 0.0733. The Morgan fingerprint density at radius 2 is 1.55 bits per heavy atom. The van der Waals surface area contributed by atoms with Crippen LogP contribution in [0.1, 0.15) is 30.5 Å². The van der Waals surface area contributed by atoms with E-state index < -0.39 is 0 Å². The van der Waals surface area contributed by atoms with E-state index in [0.717, 1.165) is 26.1 Å². The molecule has 2 heterocycles. The van der Waals surface area contributed by atoms with Crippen molar-refractivity contribution in [2.45, 2.75) is 19.4 Å². The number of hydrogen-bond acceptors (Lipinski definition) is 4. The van der Waals surface area contributed by atoms with Crippen LogP contribution in [0.25, 0.3) is 6.08 Å². The molecule has 2 N–H and O–H groups in total. The van der Waals surface area contributed by atoms with Crippen molar-refractivity contribution in [1.29, 1.82) is 0 Å². The molecule has 2 aliphatic heterocycles. The van der Waals surface area contributed by atoms with Crippen molar-refractivity contribution in [3.63, 3.8) is 0 Å². The lowest BCUT2D eigenvalue weighted by Gasteiger charge is -2.40. The van der Waals surface area contributed by atoms with E-state index in [2.05, 4.69) is 115 Å². The standard InChI is InChI=1S/C27H35N5S/c1-6-15-32-17-21(16-19-7-11-22(12-8-19)30(2)3)26-24(18-32)25(28-27(33)29-26)20-9-13-23(14-10-20)31(4)5/h7-14,16,25H,6,15,17-18H2,1-5H3,(H2,28,29,33)/b21-16+/t25-/m1/s1. The summed E-state index contributed by atoms with van der Waals surface area (Å²) in [5, 5.41) is 7.72. The molecule has 0 aliphatic carbocycles. The highest BCUT2D eigenvalue weighted by molar-refractivity contribution is 7.80. The van der Waals surface area contributed by atoms with Crippen molar-refractivity contribution in [3.05, 3.63) is 76.5 Å². The number of hydrogen-bond donors (Lipinski definition) is 2. The largest absolute Gasteiger partial charge is 0.378 e. The van der Waals surface area contributed by atoms with E-state index in [1.165, 1.54) is 39.3 Å². The molecule has 0 bridgehead atoms. The van der Waals surface area contributed by atoms with E-state index in [9.17, 15) is 0 Å². The van der Waals surface area contributed by atoms with Crippen LogP contribution in [0, 0.1) is 0 Å². The molecule has 0 spiro atoms. The Morgan fingerprint density at radius 3 is 2.12 bits per heavy atom. The van der Waals surface area contributed by atoms with Gasteiger partial charge in [-0.15, -0.1) is 0 Å². The summed E-state index contributed by atoms with van der Waals surface area (Å²) in [6.07, 6.45) is 3.44. The first-order chi connectivity index (χ1) is 15.9. The van der Waals surface area contributed by atoms with Gasteiger partial charge in [-0.05, 0) is 77.8 Å². The fourth-order valence-corrected chi connectivity index (χ4v) is 4.80. The van der Waals surface area contributed by atoms with Gasteiger partial charge in [-0.1, -0.05) is 31.2 Å². The van der Waals surface area contributed by atoms with Crippen molar-refractivity contribution < 1.29 is 0 Å². The Morgan fingerprint density at radius 1 is 0.939 bits per heavy atom. The maximum Gasteiger partial charge on any atom is 0.171 e. The quantitative estimate of drug-likeness (QED) is 0.621. The zero-order valence-corrected chi connectivity index (χ0v) is 21.2. The van der Waals surface area contributed by atoms with Crippen LogP contribution in [0.5, 0.6) is 0 Å². The second-order valence-electron chi connectivity index (χ2n) is 9.28. The number of nitrogens with one attached hydrogen (secondary N) is 2. The molecule has 0 saturated heterocycles. The van der Waals surface area contributed by atoms with Gasteiger partial charge in [0.25, 0.3) is 0 Å². The SMILES string of the molecule is CCCN1CC2=C(NC(=S)N[C@@H]2c2ccc(N(C)C)cc2)/C(=C/c2ccc(N(C)C)cc2)C1. The van der Waals surface area contributed by atoms with Gasteiger partial charge >= 0.3 is 0 Å². The summed E-state index contributed by atoms with van der Waals surface area (Å²) in [5.74, 6) is 0. The van der Waals surface area contributed by atoms with Gasteiger partial charge in [0.05, 0.1) is 6.04 Å². The second kappa shape index (κ2) is 9.98. The maximum atomic E-state index is 5.65. The Hall–Kier alpha value is -2.83. The number of thiocarbonyl (C=S) groups is 1. The minimum atomic E-state index is 0.0733. The first-order valence-electron chi connectivity index (χ1n) is 11.6. The molecular formula is C27H35N5S. The number of benzene rings is 2. The van der Waals surface area contributed by atoms with Crippen LogP contribution in [0.15, 0.2) is 65.4 Å². The molecule has 0 aromatic heterocycles. The molecule has 2 aliphatic rings. The molecule has 0 saturated carbocycles. The van der Waals surface area contributed by atoms with Crippen LogP contribution in [-0.4, -0.2) is 57.8 Å². The van der Waals surface area contributed by atoms with E-state index in [1.807, 2.05) is 0 Å². The van der Waals surface area contributed by atoms with Crippen molar-refractivity contribution in [1.82, 2.24) is 15.5 Å². The van der Waals surface area contributed by atoms with Gasteiger partial charge in [-0.3, -0.25) is 4.90 Å². The van der Waals surface area contributed by atoms with Crippen LogP contribution in [0.3, 0.4) is 0 Å². The predicted octanol–water partition coefficient (Wildman–Crippen LogP) is 4.40. The van der Waals surface area contributed by atoms with Crippen LogP contribution >= 0.6 is 12.2 Å². The fraction of sp³-hybridized carbons (Fsp3) is 0.370. The van der Waals surface area contributed by atoms with E-state index in [1.54, 1.807) is 0 Å². The molecule has 174 valence electrons. The van der Waals surface area contributed by atoms with Gasteiger partial charge in [-0.2, -0.15) is 0 Å². The number of anilines is 2. The Labute approximate surface area is 203 Å². The summed E-state index contributed by atoms with van der Waals surface area (Å²) in [7, 11) is 8.28. The Kier molecular flexibility index (Phi) is 7.05. The topological polar surface area (TPSA) is 33.8 Å². The second-order valence-corrected chi connectivity index (χ2v) is 9.69. The molecule has 1 atom stereocenters. The van der Waals surface area contributed by atoms with E-state index >= 15 is 0 Å². The molecule has 0 amide bonds. The summed E-state index contributed by atoms with van der Waals surface area (Å²) in [4.78, 5) is 6.79. The first-order valence-corrected chi connectivity index (χ1v) is 12.0. The molecule has 6 heteroatoms. The van der Waals surface area contributed by atoms with Gasteiger partial charge in [0.2, 0.25) is 0 Å². The third kappa shape index (κ3) is 5.23. The molecular weight excluding hydrogens is 426 g/mol. The average Bonchev–Trinajstić information content (AvgIpc) is 2.80. The summed E-state index contributed by atoms with van der Waals surface area (Å²) >= 11 is 5.65. The van der Waals surface area contributed by atoms with Crippen molar-refractivity contribution in [3.8, 4) is 0 Å². The number of rotatable bonds is 6. The lowest BCUT2D eigenvalue weighted by Crippen LogP contribution is -2.50. The average molecular weight is 462 g/mol. The van der Waals surface area contributed by atoms with Crippen molar-refractivity contribution >= 4 is 34.8 Å². The lowest BCUT2D eigenvalue weighted by atomic mass is 9.88. The normalized spacial score (nSPS) is 19.7. The highest BCUT2D eigenvalue weighted by Crippen LogP contribution is 2.35. The minimum Gasteiger partial charge on any atom is -0.378 e. The van der Waals surface area contributed by atoms with Gasteiger partial charge in [0, 0.05) is 58.4 Å². The molecule has 0 fully saturated rings. The highest BCUT2D eigenvalue weighted by Gasteiger charge is 2.33. The third-order valence-electron chi connectivity index (χ3n) is 6.33. The zero-order chi connectivity index (χ0) is 23.5. The third-order valence-corrected chi connectivity index (χ3v) is 6.55. The van der Waals surface area contributed by atoms with E-state index in [0.29, 0.717) is 5.11 Å². The summed E-state index contributed by atoms with van der Waals surface area (Å²) in [5.41, 5.74) is 8.68. The molecule has 2 aromatic carbocycles. The number of nitrogens with zero attached hydrogens (tertiary/aromatic N) is 3. The molecule has 0 unspecified atom stereocenters. The predicted molar refractivity (Wildman–Crippen MR) is 145 cm³/mol. The van der Waals surface area contributed by atoms with Crippen LogP contribution in [-0.2, 0) is 0 Å².